The lowest BCUT2D eigenvalue weighted by molar-refractivity contribution is -0.167. The van der Waals surface area contributed by atoms with Crippen molar-refractivity contribution in [1.82, 2.24) is 0 Å². The maximum absolute atomic E-state index is 12.9. The molecule has 0 aromatic rings. The summed E-state index contributed by atoms with van der Waals surface area (Å²) in [5.74, 6) is -0.898. The summed E-state index contributed by atoms with van der Waals surface area (Å²) >= 11 is 0. The minimum absolute atomic E-state index is 0.0838. The molecule has 0 aliphatic rings. The number of carbonyl (C=O) groups is 3. The Morgan fingerprint density at radius 3 is 0.735 bits per heavy atom. The molecule has 0 heterocycles. The number of hydrogen-bond acceptors (Lipinski definition) is 6. The van der Waals surface area contributed by atoms with E-state index in [9.17, 15) is 14.4 Å². The second-order valence-corrected chi connectivity index (χ2v) is 22.7. The van der Waals surface area contributed by atoms with Crippen molar-refractivity contribution < 1.29 is 28.6 Å². The Hall–Kier alpha value is -4.45. The summed E-state index contributed by atoms with van der Waals surface area (Å²) in [7, 11) is 0. The lowest BCUT2D eigenvalue weighted by Crippen LogP contribution is -2.30. The predicted octanol–water partition coefficient (Wildman–Crippen LogP) is 24.1. The number of esters is 3. The molecule has 0 aromatic carbocycles. The molecule has 0 saturated heterocycles. The highest BCUT2D eigenvalue weighted by Gasteiger charge is 2.19. The van der Waals surface area contributed by atoms with Crippen molar-refractivity contribution in [2.24, 2.45) is 0 Å². The van der Waals surface area contributed by atoms with Crippen LogP contribution in [-0.2, 0) is 28.6 Å². The standard InChI is InChI=1S/C77H128O6/c1-4-7-10-13-16-18-20-22-24-26-28-30-32-34-35-36-37-38-39-40-41-43-44-46-48-50-52-54-56-58-61-64-67-70-76(79)82-73-74(72-81-75(78)69-66-63-60-15-12-9-6-3)83-77(80)71-68-65-62-59-57-55-53-51-49-47-45-42-33-31-29-27-25-23-21-19-17-14-11-8-5-2/h7-8,10-11,16-19,22-25,28-31,34-35,42,45,49,51,74H,4-6,9,12-15,20-21,26-27,32-33,36-41,43-44,46-48,50,52-73H2,1-3H3/b10-7-,11-8-,18-16-,19-17-,24-22-,25-23-,30-28-,31-29-,35-34-,45-42-,51-49-. The fraction of sp³-hybridized carbons (Fsp3) is 0.675. The molecule has 6 nitrogen and oxygen atoms in total. The summed E-state index contributed by atoms with van der Waals surface area (Å²) in [6.45, 7) is 6.38. The van der Waals surface area contributed by atoms with E-state index < -0.39 is 6.10 Å². The van der Waals surface area contributed by atoms with Gasteiger partial charge in [-0.25, -0.2) is 0 Å². The van der Waals surface area contributed by atoms with E-state index in [1.165, 1.54) is 135 Å². The summed E-state index contributed by atoms with van der Waals surface area (Å²) < 4.78 is 16.9. The maximum Gasteiger partial charge on any atom is 0.306 e. The largest absolute Gasteiger partial charge is 0.462 e. The van der Waals surface area contributed by atoms with Gasteiger partial charge >= 0.3 is 17.9 Å². The first-order chi connectivity index (χ1) is 41.0. The molecule has 0 bridgehead atoms. The molecule has 0 N–H and O–H groups in total. The summed E-state index contributed by atoms with van der Waals surface area (Å²) in [6, 6.07) is 0. The van der Waals surface area contributed by atoms with E-state index in [0.29, 0.717) is 19.3 Å². The van der Waals surface area contributed by atoms with Crippen molar-refractivity contribution in [3.63, 3.8) is 0 Å². The van der Waals surface area contributed by atoms with Crippen LogP contribution in [0.2, 0.25) is 0 Å². The van der Waals surface area contributed by atoms with Gasteiger partial charge in [0, 0.05) is 19.3 Å². The number of carbonyl (C=O) groups excluding carboxylic acids is 3. The Bertz CT molecular complexity index is 1750. The summed E-state index contributed by atoms with van der Waals surface area (Å²) in [4.78, 5) is 38.2. The number of allylic oxidation sites excluding steroid dienone is 22. The Balaban J connectivity index is 4.10. The van der Waals surface area contributed by atoms with Crippen LogP contribution in [0.1, 0.15) is 316 Å². The molecule has 472 valence electrons. The van der Waals surface area contributed by atoms with Gasteiger partial charge in [0.25, 0.3) is 0 Å². The van der Waals surface area contributed by atoms with Crippen LogP contribution in [0.4, 0.5) is 0 Å². The first kappa shape index (κ1) is 78.5. The molecule has 0 aliphatic carbocycles. The number of rotatable bonds is 62. The number of ether oxygens (including phenoxy) is 3. The van der Waals surface area contributed by atoms with Gasteiger partial charge in [-0.1, -0.05) is 315 Å². The molecule has 0 saturated carbocycles. The van der Waals surface area contributed by atoms with E-state index in [1.54, 1.807) is 0 Å². The minimum Gasteiger partial charge on any atom is -0.462 e. The van der Waals surface area contributed by atoms with E-state index >= 15 is 0 Å². The third kappa shape index (κ3) is 68.2. The Labute approximate surface area is 513 Å². The highest BCUT2D eigenvalue weighted by molar-refractivity contribution is 5.71. The zero-order valence-corrected chi connectivity index (χ0v) is 54.2. The average molecular weight is 1150 g/mol. The molecule has 1 unspecified atom stereocenters. The second-order valence-electron chi connectivity index (χ2n) is 22.7. The molecule has 0 fully saturated rings. The highest BCUT2D eigenvalue weighted by atomic mass is 16.6. The Morgan fingerprint density at radius 2 is 0.470 bits per heavy atom. The zero-order valence-electron chi connectivity index (χ0n) is 54.2. The van der Waals surface area contributed by atoms with Crippen LogP contribution in [0.25, 0.3) is 0 Å². The van der Waals surface area contributed by atoms with Gasteiger partial charge in [-0.3, -0.25) is 14.4 Å². The summed E-state index contributed by atoms with van der Waals surface area (Å²) in [5, 5.41) is 0. The van der Waals surface area contributed by atoms with E-state index in [0.717, 1.165) is 141 Å². The molecule has 0 spiro atoms. The molecule has 83 heavy (non-hydrogen) atoms. The molecular weight excluding hydrogens is 1020 g/mol. The van der Waals surface area contributed by atoms with Crippen LogP contribution in [-0.4, -0.2) is 37.2 Å². The Kier molecular flexibility index (Phi) is 66.3. The maximum atomic E-state index is 12.9. The molecule has 0 amide bonds. The lowest BCUT2D eigenvalue weighted by atomic mass is 10.0. The second kappa shape index (κ2) is 70.0. The van der Waals surface area contributed by atoms with E-state index in [-0.39, 0.29) is 31.1 Å². The minimum atomic E-state index is -0.787. The van der Waals surface area contributed by atoms with Crippen molar-refractivity contribution in [2.75, 3.05) is 13.2 Å². The van der Waals surface area contributed by atoms with Gasteiger partial charge in [0.1, 0.15) is 13.2 Å². The van der Waals surface area contributed by atoms with Crippen LogP contribution in [0.5, 0.6) is 0 Å². The summed E-state index contributed by atoms with van der Waals surface area (Å²) in [5.41, 5.74) is 0. The van der Waals surface area contributed by atoms with Gasteiger partial charge in [-0.05, 0) is 116 Å². The SMILES string of the molecule is CC/C=C\C/C=C\C/C=C\C/C=C\C/C=C\C/C=C\CCCCCCCCC(=O)OC(COC(=O)CCCCCCCCC)COC(=O)CCCCCCCCCCCCCCCCCCC/C=C\C/C=C\C/C=C\C/C=C\C/C=C\CC. The van der Waals surface area contributed by atoms with Gasteiger partial charge in [0.15, 0.2) is 6.10 Å². The highest BCUT2D eigenvalue weighted by Crippen LogP contribution is 2.17. The van der Waals surface area contributed by atoms with E-state index in [1.807, 2.05) is 0 Å². The zero-order chi connectivity index (χ0) is 59.9. The van der Waals surface area contributed by atoms with Gasteiger partial charge in [-0.15, -0.1) is 0 Å². The molecule has 0 rings (SSSR count). The topological polar surface area (TPSA) is 78.9 Å². The molecule has 6 heteroatoms. The van der Waals surface area contributed by atoms with Crippen LogP contribution in [0.15, 0.2) is 134 Å². The fourth-order valence-corrected chi connectivity index (χ4v) is 9.53. The molecule has 1 atom stereocenters. The fourth-order valence-electron chi connectivity index (χ4n) is 9.53. The quantitative estimate of drug-likeness (QED) is 0.0261. The predicted molar refractivity (Wildman–Crippen MR) is 362 cm³/mol. The average Bonchev–Trinajstić information content (AvgIpc) is 3.50. The van der Waals surface area contributed by atoms with Gasteiger partial charge in [0.05, 0.1) is 0 Å². The van der Waals surface area contributed by atoms with Crippen molar-refractivity contribution in [2.45, 2.75) is 322 Å². The first-order valence-corrected chi connectivity index (χ1v) is 34.7. The van der Waals surface area contributed by atoms with Gasteiger partial charge in [-0.2, -0.15) is 0 Å². The normalized spacial score (nSPS) is 13.0. The number of hydrogen-bond donors (Lipinski definition) is 0. The lowest BCUT2D eigenvalue weighted by Gasteiger charge is -2.18. The summed E-state index contributed by atoms with van der Waals surface area (Å²) in [6.07, 6.45) is 99.3. The Morgan fingerprint density at radius 1 is 0.253 bits per heavy atom. The van der Waals surface area contributed by atoms with Crippen LogP contribution in [0.3, 0.4) is 0 Å². The van der Waals surface area contributed by atoms with Gasteiger partial charge < -0.3 is 14.2 Å². The van der Waals surface area contributed by atoms with E-state index in [2.05, 4.69) is 154 Å². The van der Waals surface area contributed by atoms with Crippen LogP contribution < -0.4 is 0 Å². The molecule has 0 aromatic heterocycles. The molecule has 0 radical (unpaired) electrons. The third-order valence-electron chi connectivity index (χ3n) is 14.7. The molecular formula is C77H128O6. The van der Waals surface area contributed by atoms with Crippen molar-refractivity contribution >= 4 is 17.9 Å². The first-order valence-electron chi connectivity index (χ1n) is 34.7. The third-order valence-corrected chi connectivity index (χ3v) is 14.7. The van der Waals surface area contributed by atoms with Crippen molar-refractivity contribution in [3.05, 3.63) is 134 Å². The van der Waals surface area contributed by atoms with Crippen molar-refractivity contribution in [3.8, 4) is 0 Å². The molecule has 0 aliphatic heterocycles. The van der Waals surface area contributed by atoms with Gasteiger partial charge in [0.2, 0.25) is 0 Å². The van der Waals surface area contributed by atoms with E-state index in [4.69, 9.17) is 14.2 Å². The monoisotopic (exact) mass is 1150 g/mol. The van der Waals surface area contributed by atoms with Crippen molar-refractivity contribution in [1.29, 1.82) is 0 Å². The van der Waals surface area contributed by atoms with Crippen LogP contribution in [0, 0.1) is 0 Å². The van der Waals surface area contributed by atoms with Crippen LogP contribution >= 0.6 is 0 Å². The smallest absolute Gasteiger partial charge is 0.306 e. The number of unbranched alkanes of at least 4 members (excludes halogenated alkanes) is 29.